The Labute approximate surface area is 164 Å². The van der Waals surface area contributed by atoms with Crippen molar-refractivity contribution in [1.29, 1.82) is 0 Å². The first-order chi connectivity index (χ1) is 13.1. The normalized spacial score (nSPS) is 28.5. The molecule has 0 bridgehead atoms. The molecule has 0 spiro atoms. The highest BCUT2D eigenvalue weighted by molar-refractivity contribution is 5.95. The average Bonchev–Trinajstić information content (AvgIpc) is 2.67. The van der Waals surface area contributed by atoms with E-state index in [4.69, 9.17) is 14.2 Å². The number of aliphatic hydroxyl groups excluding tert-OH is 4. The molecule has 2 rings (SSSR count). The first-order valence-electron chi connectivity index (χ1n) is 8.96. The Morgan fingerprint density at radius 1 is 1.21 bits per heavy atom. The van der Waals surface area contributed by atoms with Gasteiger partial charge in [0, 0.05) is 18.2 Å². The van der Waals surface area contributed by atoms with Gasteiger partial charge in [-0.25, -0.2) is 0 Å². The van der Waals surface area contributed by atoms with Crippen molar-refractivity contribution in [2.45, 2.75) is 57.1 Å². The number of carbonyl (C=O) groups excluding carboxylic acids is 1. The minimum absolute atomic E-state index is 0.125. The lowest BCUT2D eigenvalue weighted by molar-refractivity contribution is -0.277. The van der Waals surface area contributed by atoms with E-state index in [0.717, 1.165) is 0 Å². The van der Waals surface area contributed by atoms with Crippen molar-refractivity contribution in [3.8, 4) is 5.75 Å². The van der Waals surface area contributed by atoms with Crippen molar-refractivity contribution in [2.75, 3.05) is 13.7 Å². The molecule has 1 saturated heterocycles. The zero-order chi connectivity index (χ0) is 21.1. The standard InChI is InChI=1S/C20H28O8/c1-11(22)12-5-6-14(13(9-12)7-8-20(2,3)26-4)27-19-18(25)17(24)16(23)15(10-21)28-19/h5-9,15-19,21,23-25H,10H2,1-4H3/b8-7+/t15-,16-,17+,18-,19-/m1/s1. The van der Waals surface area contributed by atoms with Crippen LogP contribution in [0.2, 0.25) is 0 Å². The molecule has 8 heteroatoms. The second-order valence-electron chi connectivity index (χ2n) is 7.26. The van der Waals surface area contributed by atoms with Gasteiger partial charge in [-0.05, 0) is 39.0 Å². The van der Waals surface area contributed by atoms with Crippen LogP contribution in [0.15, 0.2) is 24.3 Å². The number of methoxy groups -OCH3 is 1. The Hall–Kier alpha value is -1.81. The number of Topliss-reactive ketones (excluding diaryl/α,β-unsaturated/α-hetero) is 1. The number of hydrogen-bond donors (Lipinski definition) is 4. The monoisotopic (exact) mass is 396 g/mol. The summed E-state index contributed by atoms with van der Waals surface area (Å²) in [5, 5.41) is 39.3. The van der Waals surface area contributed by atoms with E-state index in [2.05, 4.69) is 0 Å². The highest BCUT2D eigenvalue weighted by Gasteiger charge is 2.44. The summed E-state index contributed by atoms with van der Waals surface area (Å²) >= 11 is 0. The van der Waals surface area contributed by atoms with Crippen molar-refractivity contribution in [2.24, 2.45) is 0 Å². The number of rotatable bonds is 7. The molecule has 4 N–H and O–H groups in total. The Kier molecular flexibility index (Phi) is 7.33. The van der Waals surface area contributed by atoms with Gasteiger partial charge in [-0.3, -0.25) is 4.79 Å². The minimum Gasteiger partial charge on any atom is -0.461 e. The molecule has 0 radical (unpaired) electrons. The van der Waals surface area contributed by atoms with Crippen LogP contribution in [-0.4, -0.2) is 76.2 Å². The summed E-state index contributed by atoms with van der Waals surface area (Å²) in [6, 6.07) is 4.75. The fourth-order valence-corrected chi connectivity index (χ4v) is 2.65. The van der Waals surface area contributed by atoms with Gasteiger partial charge in [-0.2, -0.15) is 0 Å². The van der Waals surface area contributed by atoms with E-state index in [9.17, 15) is 25.2 Å². The topological polar surface area (TPSA) is 126 Å². The van der Waals surface area contributed by atoms with Gasteiger partial charge >= 0.3 is 0 Å². The summed E-state index contributed by atoms with van der Waals surface area (Å²) in [5.41, 5.74) is 0.443. The second-order valence-corrected chi connectivity index (χ2v) is 7.26. The number of benzene rings is 1. The maximum Gasteiger partial charge on any atom is 0.229 e. The maximum atomic E-state index is 11.7. The van der Waals surface area contributed by atoms with E-state index < -0.39 is 42.9 Å². The molecule has 1 aliphatic heterocycles. The van der Waals surface area contributed by atoms with Crippen molar-refractivity contribution >= 4 is 11.9 Å². The Bertz CT molecular complexity index is 712. The lowest BCUT2D eigenvalue weighted by Gasteiger charge is -2.39. The number of ketones is 1. The number of carbonyl (C=O) groups is 1. The smallest absolute Gasteiger partial charge is 0.229 e. The van der Waals surface area contributed by atoms with Crippen LogP contribution in [0.1, 0.15) is 36.7 Å². The summed E-state index contributed by atoms with van der Waals surface area (Å²) in [6.45, 7) is 4.61. The fourth-order valence-electron chi connectivity index (χ4n) is 2.65. The number of hydrogen-bond acceptors (Lipinski definition) is 8. The van der Waals surface area contributed by atoms with Crippen LogP contribution in [-0.2, 0) is 9.47 Å². The van der Waals surface area contributed by atoms with Gasteiger partial charge < -0.3 is 34.6 Å². The first kappa shape index (κ1) is 22.5. The zero-order valence-corrected chi connectivity index (χ0v) is 16.4. The lowest BCUT2D eigenvalue weighted by atomic mass is 9.99. The molecule has 8 nitrogen and oxygen atoms in total. The molecular weight excluding hydrogens is 368 g/mol. The van der Waals surface area contributed by atoms with Crippen LogP contribution in [0.5, 0.6) is 5.75 Å². The second kappa shape index (κ2) is 9.13. The third-order valence-electron chi connectivity index (χ3n) is 4.70. The van der Waals surface area contributed by atoms with Crippen LogP contribution in [0.25, 0.3) is 6.08 Å². The molecule has 28 heavy (non-hydrogen) atoms. The van der Waals surface area contributed by atoms with Crippen molar-refractivity contribution in [3.63, 3.8) is 0 Å². The minimum atomic E-state index is -1.54. The molecule has 1 aromatic rings. The quantitative estimate of drug-likeness (QED) is 0.491. The fraction of sp³-hybridized carbons (Fsp3) is 0.550. The van der Waals surface area contributed by atoms with Gasteiger partial charge in [0.15, 0.2) is 5.78 Å². The first-order valence-corrected chi connectivity index (χ1v) is 8.96. The van der Waals surface area contributed by atoms with Gasteiger partial charge in [0.05, 0.1) is 12.2 Å². The maximum absolute atomic E-state index is 11.7. The third kappa shape index (κ3) is 5.16. The SMILES string of the molecule is COC(C)(C)/C=C/c1cc(C(C)=O)ccc1O[C@@H]1O[C@H](CO)[C@@H](O)[C@H](O)[C@H]1O. The van der Waals surface area contributed by atoms with E-state index in [0.29, 0.717) is 11.1 Å². The van der Waals surface area contributed by atoms with Gasteiger partial charge in [-0.15, -0.1) is 0 Å². The predicted molar refractivity (Wildman–Crippen MR) is 101 cm³/mol. The molecule has 1 fully saturated rings. The number of ether oxygens (including phenoxy) is 3. The Morgan fingerprint density at radius 3 is 2.46 bits per heavy atom. The number of aliphatic hydroxyl groups is 4. The van der Waals surface area contributed by atoms with Crippen LogP contribution in [0.3, 0.4) is 0 Å². The summed E-state index contributed by atoms with van der Waals surface area (Å²) in [7, 11) is 1.57. The van der Waals surface area contributed by atoms with Gasteiger partial charge in [0.2, 0.25) is 6.29 Å². The lowest BCUT2D eigenvalue weighted by Crippen LogP contribution is -2.60. The summed E-state index contributed by atoms with van der Waals surface area (Å²) in [5.74, 6) is 0.164. The highest BCUT2D eigenvalue weighted by Crippen LogP contribution is 2.29. The van der Waals surface area contributed by atoms with E-state index in [-0.39, 0.29) is 11.5 Å². The van der Waals surface area contributed by atoms with Crippen molar-refractivity contribution < 1.29 is 39.4 Å². The highest BCUT2D eigenvalue weighted by atomic mass is 16.7. The summed E-state index contributed by atoms with van der Waals surface area (Å²) < 4.78 is 16.5. The van der Waals surface area contributed by atoms with E-state index in [1.165, 1.54) is 6.92 Å². The molecule has 0 aromatic heterocycles. The largest absolute Gasteiger partial charge is 0.461 e. The summed E-state index contributed by atoms with van der Waals surface area (Å²) in [6.07, 6.45) is -3.44. The zero-order valence-electron chi connectivity index (χ0n) is 16.4. The Morgan fingerprint density at radius 2 is 1.89 bits per heavy atom. The van der Waals surface area contributed by atoms with Crippen LogP contribution in [0.4, 0.5) is 0 Å². The molecule has 0 amide bonds. The van der Waals surface area contributed by atoms with Gasteiger partial charge in [0.1, 0.15) is 30.2 Å². The molecule has 156 valence electrons. The van der Waals surface area contributed by atoms with Crippen LogP contribution >= 0.6 is 0 Å². The molecule has 1 heterocycles. The predicted octanol–water partition coefficient (Wildman–Crippen LogP) is 0.506. The average molecular weight is 396 g/mol. The van der Waals surface area contributed by atoms with Crippen LogP contribution in [0, 0.1) is 0 Å². The molecule has 0 unspecified atom stereocenters. The molecule has 5 atom stereocenters. The van der Waals surface area contributed by atoms with E-state index in [1.807, 2.05) is 13.8 Å². The molecule has 1 aliphatic rings. The van der Waals surface area contributed by atoms with Crippen molar-refractivity contribution in [1.82, 2.24) is 0 Å². The molecule has 0 aliphatic carbocycles. The van der Waals surface area contributed by atoms with Gasteiger partial charge in [0.25, 0.3) is 0 Å². The van der Waals surface area contributed by atoms with Gasteiger partial charge in [-0.1, -0.05) is 12.2 Å². The molecule has 0 saturated carbocycles. The summed E-state index contributed by atoms with van der Waals surface area (Å²) in [4.78, 5) is 11.7. The van der Waals surface area contributed by atoms with E-state index >= 15 is 0 Å². The molecular formula is C20H28O8. The van der Waals surface area contributed by atoms with Crippen LogP contribution < -0.4 is 4.74 Å². The Balaban J connectivity index is 2.34. The van der Waals surface area contributed by atoms with E-state index in [1.54, 1.807) is 37.5 Å². The molecule has 1 aromatic carbocycles. The third-order valence-corrected chi connectivity index (χ3v) is 4.70. The van der Waals surface area contributed by atoms with Crippen molar-refractivity contribution in [3.05, 3.63) is 35.4 Å².